The summed E-state index contributed by atoms with van der Waals surface area (Å²) in [4.78, 5) is 15.8. The molecule has 0 aromatic heterocycles. The third-order valence-corrected chi connectivity index (χ3v) is 6.05. The number of thioether (sulfide) groups is 1. The van der Waals surface area contributed by atoms with Crippen molar-refractivity contribution >= 4 is 34.2 Å². The van der Waals surface area contributed by atoms with Crippen LogP contribution in [0, 0.1) is 0 Å². The Balaban J connectivity index is 1.61. The highest BCUT2D eigenvalue weighted by molar-refractivity contribution is 8.15. The summed E-state index contributed by atoms with van der Waals surface area (Å²) in [5.74, 6) is -0.190. The van der Waals surface area contributed by atoms with Crippen LogP contribution in [-0.2, 0) is 5.00 Å². The van der Waals surface area contributed by atoms with Crippen molar-refractivity contribution in [1.82, 2.24) is 0 Å². The number of nitrogens with zero attached hydrogens (tertiary/aromatic N) is 1. The first-order valence-electron chi connectivity index (χ1n) is 8.62. The molecule has 0 radical (unpaired) electrons. The summed E-state index contributed by atoms with van der Waals surface area (Å²) in [7, 11) is 0. The van der Waals surface area contributed by atoms with Gasteiger partial charge in [0, 0.05) is 27.3 Å². The minimum atomic E-state index is -3.95. The van der Waals surface area contributed by atoms with E-state index in [1.165, 1.54) is 48.5 Å². The van der Waals surface area contributed by atoms with Crippen molar-refractivity contribution in [2.45, 2.75) is 11.0 Å². The zero-order chi connectivity index (χ0) is 20.6. The molecule has 146 valence electrons. The second kappa shape index (κ2) is 7.35. The van der Waals surface area contributed by atoms with Gasteiger partial charge in [-0.2, -0.15) is 8.78 Å². The Hall–Kier alpha value is -2.57. The van der Waals surface area contributed by atoms with Gasteiger partial charge < -0.3 is 0 Å². The van der Waals surface area contributed by atoms with Crippen molar-refractivity contribution in [3.63, 3.8) is 0 Å². The van der Waals surface area contributed by atoms with E-state index in [-0.39, 0.29) is 16.4 Å². The van der Waals surface area contributed by atoms with Gasteiger partial charge in [0.15, 0.2) is 5.78 Å². The van der Waals surface area contributed by atoms with Crippen molar-refractivity contribution in [2.75, 3.05) is 0 Å². The number of hydrogen-bond donors (Lipinski definition) is 0. The molecule has 2 nitrogen and oxygen atoms in total. The van der Waals surface area contributed by atoms with Gasteiger partial charge in [-0.05, 0) is 12.1 Å². The molecule has 3 aromatic carbocycles. The van der Waals surface area contributed by atoms with Crippen molar-refractivity contribution in [3.05, 3.63) is 106 Å². The Bertz CT molecular complexity index is 1090. The molecule has 1 aliphatic heterocycles. The van der Waals surface area contributed by atoms with E-state index in [9.17, 15) is 13.6 Å². The maximum atomic E-state index is 15.3. The number of aliphatic imine (C=N–C) groups is 1. The molecule has 4 rings (SSSR count). The topological polar surface area (TPSA) is 29.4 Å². The summed E-state index contributed by atoms with van der Waals surface area (Å²) in [5, 5.41) is -2.85. The number of rotatable bonds is 4. The van der Waals surface area contributed by atoms with Crippen LogP contribution in [0.5, 0.6) is 0 Å². The number of alkyl halides is 3. The molecule has 0 saturated heterocycles. The van der Waals surface area contributed by atoms with E-state index in [1.807, 2.05) is 0 Å². The molecule has 1 unspecified atom stereocenters. The van der Waals surface area contributed by atoms with Crippen LogP contribution in [0.3, 0.4) is 0 Å². The lowest BCUT2D eigenvalue weighted by Gasteiger charge is -2.24. The van der Waals surface area contributed by atoms with E-state index in [4.69, 9.17) is 11.6 Å². The number of carbonyl (C=O) groups is 1. The van der Waals surface area contributed by atoms with Gasteiger partial charge in [-0.1, -0.05) is 90.1 Å². The molecule has 7 heteroatoms. The van der Waals surface area contributed by atoms with E-state index in [2.05, 4.69) is 4.99 Å². The quantitative estimate of drug-likeness (QED) is 0.349. The summed E-state index contributed by atoms with van der Waals surface area (Å²) in [6.45, 7) is 0. The molecule has 0 bridgehead atoms. The number of ketones is 1. The van der Waals surface area contributed by atoms with Gasteiger partial charge in [-0.3, -0.25) is 4.79 Å². The van der Waals surface area contributed by atoms with E-state index in [1.54, 1.807) is 30.3 Å². The molecule has 1 heterocycles. The molecule has 0 saturated carbocycles. The molecule has 29 heavy (non-hydrogen) atoms. The van der Waals surface area contributed by atoms with Gasteiger partial charge in [-0.25, -0.2) is 9.38 Å². The Morgan fingerprint density at radius 1 is 0.828 bits per heavy atom. The molecule has 3 aromatic rings. The minimum Gasteiger partial charge on any atom is -0.289 e. The lowest BCUT2D eigenvalue weighted by molar-refractivity contribution is -0.0815. The van der Waals surface area contributed by atoms with Crippen molar-refractivity contribution in [3.8, 4) is 0 Å². The van der Waals surface area contributed by atoms with E-state index in [0.29, 0.717) is 33.5 Å². The van der Waals surface area contributed by atoms with Gasteiger partial charge in [0.2, 0.25) is 0 Å². The van der Waals surface area contributed by atoms with Crippen molar-refractivity contribution in [2.24, 2.45) is 4.99 Å². The average Bonchev–Trinajstić information content (AvgIpc) is 2.98. The van der Waals surface area contributed by atoms with Crippen LogP contribution in [0.25, 0.3) is 0 Å². The standard InChI is InChI=1S/C22H13ClF3NOS/c23-18-12-10-17(11-13-18)21(24)22(25,26)27-20(29-21)16-8-6-15(7-9-16)19(28)14-4-2-1-3-5-14/h1-13H. The summed E-state index contributed by atoms with van der Waals surface area (Å²) < 4.78 is 44.3. The third kappa shape index (κ3) is 3.58. The second-order valence-corrected chi connectivity index (χ2v) is 8.02. The van der Waals surface area contributed by atoms with Crippen LogP contribution in [0.1, 0.15) is 27.0 Å². The van der Waals surface area contributed by atoms with E-state index >= 15 is 4.39 Å². The third-order valence-electron chi connectivity index (χ3n) is 4.51. The zero-order valence-electron chi connectivity index (χ0n) is 14.8. The summed E-state index contributed by atoms with van der Waals surface area (Å²) in [5.41, 5.74) is 1.02. The van der Waals surface area contributed by atoms with Gasteiger partial charge in [0.25, 0.3) is 5.00 Å². The Kier molecular flexibility index (Phi) is 5.00. The summed E-state index contributed by atoms with van der Waals surface area (Å²) in [6, 6.07) is 15.9. The van der Waals surface area contributed by atoms with Crippen molar-refractivity contribution in [1.29, 1.82) is 0 Å². The smallest absolute Gasteiger partial charge is 0.289 e. The summed E-state index contributed by atoms with van der Waals surface area (Å²) >= 11 is 6.12. The SMILES string of the molecule is O=C(c1ccccc1)c1ccc(C2=NC(F)(F)C(F)(c3ccc(Cl)cc3)S2)cc1. The molecule has 0 spiro atoms. The predicted molar refractivity (Wildman–Crippen MR) is 110 cm³/mol. The monoisotopic (exact) mass is 431 g/mol. The van der Waals surface area contributed by atoms with Gasteiger partial charge in [0.1, 0.15) is 5.04 Å². The largest absolute Gasteiger partial charge is 0.391 e. The van der Waals surface area contributed by atoms with Gasteiger partial charge in [-0.15, -0.1) is 0 Å². The maximum Gasteiger partial charge on any atom is 0.391 e. The average molecular weight is 432 g/mol. The lowest BCUT2D eigenvalue weighted by Crippen LogP contribution is -2.33. The van der Waals surface area contributed by atoms with Crippen LogP contribution >= 0.6 is 23.4 Å². The van der Waals surface area contributed by atoms with Gasteiger partial charge in [0.05, 0.1) is 0 Å². The van der Waals surface area contributed by atoms with Crippen LogP contribution in [0.4, 0.5) is 13.2 Å². The second-order valence-electron chi connectivity index (χ2n) is 6.43. The first-order valence-corrected chi connectivity index (χ1v) is 9.81. The first-order chi connectivity index (χ1) is 13.8. The first kappa shape index (κ1) is 19.7. The lowest BCUT2D eigenvalue weighted by atomic mass is 10.0. The fourth-order valence-electron chi connectivity index (χ4n) is 2.96. The summed E-state index contributed by atoms with van der Waals surface area (Å²) in [6.07, 6.45) is 0. The van der Waals surface area contributed by atoms with Crippen molar-refractivity contribution < 1.29 is 18.0 Å². The van der Waals surface area contributed by atoms with Crippen LogP contribution < -0.4 is 0 Å². The molecule has 0 fully saturated rings. The highest BCUT2D eigenvalue weighted by Crippen LogP contribution is 2.56. The highest BCUT2D eigenvalue weighted by Gasteiger charge is 2.62. The fourth-order valence-corrected chi connectivity index (χ4v) is 4.19. The Morgan fingerprint density at radius 2 is 1.41 bits per heavy atom. The molecular formula is C22H13ClF3NOS. The number of benzene rings is 3. The minimum absolute atomic E-state index is 0.133. The molecule has 0 aliphatic carbocycles. The normalized spacial score (nSPS) is 20.3. The number of carbonyl (C=O) groups excluding carboxylic acids is 1. The molecule has 1 aliphatic rings. The molecule has 1 atom stereocenters. The Morgan fingerprint density at radius 3 is 2.03 bits per heavy atom. The molecular weight excluding hydrogens is 419 g/mol. The maximum absolute atomic E-state index is 15.3. The van der Waals surface area contributed by atoms with Crippen LogP contribution in [0.15, 0.2) is 83.9 Å². The zero-order valence-corrected chi connectivity index (χ0v) is 16.4. The van der Waals surface area contributed by atoms with E-state index < -0.39 is 11.0 Å². The fraction of sp³-hybridized carbons (Fsp3) is 0.0909. The van der Waals surface area contributed by atoms with E-state index in [0.717, 1.165) is 0 Å². The molecule has 0 N–H and O–H groups in total. The molecule has 0 amide bonds. The number of hydrogen-bond acceptors (Lipinski definition) is 3. The van der Waals surface area contributed by atoms with Gasteiger partial charge >= 0.3 is 6.05 Å². The number of halogens is 4. The highest BCUT2D eigenvalue weighted by atomic mass is 35.5. The Labute approximate surface area is 174 Å². The predicted octanol–water partition coefficient (Wildman–Crippen LogP) is 6.48. The van der Waals surface area contributed by atoms with Crippen LogP contribution in [-0.4, -0.2) is 16.9 Å². The van der Waals surface area contributed by atoms with Crippen LogP contribution in [0.2, 0.25) is 5.02 Å².